The zero-order valence-electron chi connectivity index (χ0n) is 10.8. The predicted molar refractivity (Wildman–Crippen MR) is 73.0 cm³/mol. The second-order valence-electron chi connectivity index (χ2n) is 4.49. The number of imidazole rings is 1. The van der Waals surface area contributed by atoms with Crippen LogP contribution in [-0.4, -0.2) is 9.55 Å². The highest BCUT2D eigenvalue weighted by Crippen LogP contribution is 2.29. The first-order valence-electron chi connectivity index (χ1n) is 6.11. The van der Waals surface area contributed by atoms with E-state index in [1.54, 1.807) is 36.1 Å². The minimum absolute atomic E-state index is 0.326. The Hall–Kier alpha value is -2.69. The van der Waals surface area contributed by atoms with E-state index in [0.717, 1.165) is 16.0 Å². The van der Waals surface area contributed by atoms with Crippen LogP contribution < -0.4 is 4.73 Å². The SMILES string of the molecule is Cn1c[n+]([O-])c(-c2ccc(F)cc2)c1-c1ccncc1. The fraction of sp³-hybridized carbons (Fsp3) is 0.0667. The predicted octanol–water partition coefficient (Wildman–Crippen LogP) is 2.53. The Balaban J connectivity index is 2.23. The minimum Gasteiger partial charge on any atom is -0.710 e. The molecule has 1 aromatic carbocycles. The van der Waals surface area contributed by atoms with E-state index in [4.69, 9.17) is 0 Å². The molecule has 5 heteroatoms. The van der Waals surface area contributed by atoms with Crippen LogP contribution in [0.15, 0.2) is 55.1 Å². The van der Waals surface area contributed by atoms with Crippen LogP contribution in [0.2, 0.25) is 0 Å². The lowest BCUT2D eigenvalue weighted by Gasteiger charge is -2.05. The Bertz CT molecular complexity index is 736. The molecular weight excluding hydrogens is 257 g/mol. The molecule has 2 heterocycles. The topological polar surface area (TPSA) is 44.8 Å². The van der Waals surface area contributed by atoms with E-state index >= 15 is 0 Å². The van der Waals surface area contributed by atoms with Crippen molar-refractivity contribution in [3.05, 3.63) is 66.1 Å². The Morgan fingerprint density at radius 3 is 2.35 bits per heavy atom. The van der Waals surface area contributed by atoms with Gasteiger partial charge in [0.2, 0.25) is 6.33 Å². The van der Waals surface area contributed by atoms with Crippen LogP contribution in [0.5, 0.6) is 0 Å². The second-order valence-corrected chi connectivity index (χ2v) is 4.49. The summed E-state index contributed by atoms with van der Waals surface area (Å²) in [7, 11) is 1.80. The molecule has 0 fully saturated rings. The van der Waals surface area contributed by atoms with E-state index in [-0.39, 0.29) is 5.82 Å². The van der Waals surface area contributed by atoms with Crippen molar-refractivity contribution in [3.63, 3.8) is 0 Å². The van der Waals surface area contributed by atoms with Gasteiger partial charge in [-0.1, -0.05) is 0 Å². The molecule has 0 atom stereocenters. The van der Waals surface area contributed by atoms with Gasteiger partial charge in [0.1, 0.15) is 5.82 Å². The van der Waals surface area contributed by atoms with Gasteiger partial charge in [-0.25, -0.2) is 13.7 Å². The van der Waals surface area contributed by atoms with Crippen molar-refractivity contribution in [3.8, 4) is 22.5 Å². The van der Waals surface area contributed by atoms with Crippen LogP contribution in [0, 0.1) is 11.0 Å². The lowest BCUT2D eigenvalue weighted by Crippen LogP contribution is -2.25. The third kappa shape index (κ3) is 2.03. The van der Waals surface area contributed by atoms with Gasteiger partial charge in [-0.05, 0) is 36.4 Å². The monoisotopic (exact) mass is 269 g/mol. The first-order valence-corrected chi connectivity index (χ1v) is 6.11. The average Bonchev–Trinajstić information content (AvgIpc) is 2.75. The van der Waals surface area contributed by atoms with Crippen LogP contribution in [0.25, 0.3) is 22.5 Å². The molecule has 3 aromatic rings. The number of aromatic nitrogens is 3. The van der Waals surface area contributed by atoms with E-state index < -0.39 is 0 Å². The Morgan fingerprint density at radius 1 is 1.05 bits per heavy atom. The van der Waals surface area contributed by atoms with Gasteiger partial charge < -0.3 is 5.21 Å². The third-order valence-corrected chi connectivity index (χ3v) is 3.15. The molecule has 0 radical (unpaired) electrons. The summed E-state index contributed by atoms with van der Waals surface area (Å²) in [6, 6.07) is 9.57. The molecule has 100 valence electrons. The van der Waals surface area contributed by atoms with Gasteiger partial charge in [-0.15, -0.1) is 0 Å². The molecule has 0 aliphatic rings. The van der Waals surface area contributed by atoms with Crippen LogP contribution in [0.1, 0.15) is 0 Å². The summed E-state index contributed by atoms with van der Waals surface area (Å²) in [4.78, 5) is 3.98. The third-order valence-electron chi connectivity index (χ3n) is 3.15. The molecule has 0 amide bonds. The first kappa shape index (κ1) is 12.3. The molecule has 0 aliphatic heterocycles. The van der Waals surface area contributed by atoms with Gasteiger partial charge in [-0.2, -0.15) is 0 Å². The summed E-state index contributed by atoms with van der Waals surface area (Å²) < 4.78 is 15.6. The van der Waals surface area contributed by atoms with Crippen molar-refractivity contribution in [2.75, 3.05) is 0 Å². The zero-order valence-corrected chi connectivity index (χ0v) is 10.8. The number of aryl methyl sites for hydroxylation is 1. The maximum atomic E-state index is 13.0. The normalized spacial score (nSPS) is 10.7. The summed E-state index contributed by atoms with van der Waals surface area (Å²) in [5, 5.41) is 12.1. The number of hydrogen-bond donors (Lipinski definition) is 0. The smallest absolute Gasteiger partial charge is 0.247 e. The average molecular weight is 269 g/mol. The number of benzene rings is 1. The molecule has 0 saturated heterocycles. The highest BCUT2D eigenvalue weighted by atomic mass is 19.1. The van der Waals surface area contributed by atoms with Crippen molar-refractivity contribution in [2.24, 2.45) is 7.05 Å². The molecule has 0 N–H and O–H groups in total. The van der Waals surface area contributed by atoms with E-state index in [0.29, 0.717) is 11.3 Å². The molecule has 20 heavy (non-hydrogen) atoms. The Labute approximate surface area is 115 Å². The fourth-order valence-electron chi connectivity index (χ4n) is 2.27. The second kappa shape index (κ2) is 4.77. The van der Waals surface area contributed by atoms with Crippen LogP contribution in [0.3, 0.4) is 0 Å². The minimum atomic E-state index is -0.326. The molecular formula is C15H12FN3O. The lowest BCUT2D eigenvalue weighted by molar-refractivity contribution is -0.593. The summed E-state index contributed by atoms with van der Waals surface area (Å²) in [6.07, 6.45) is 4.80. The standard InChI is InChI=1S/C15H12FN3O/c1-18-10-19(20)15(11-2-4-13(16)5-3-11)14(18)12-6-8-17-9-7-12/h2-10H,1H3. The van der Waals surface area contributed by atoms with Gasteiger partial charge in [-0.3, -0.25) is 4.98 Å². The van der Waals surface area contributed by atoms with Crippen LogP contribution in [-0.2, 0) is 7.05 Å². The number of pyridine rings is 1. The van der Waals surface area contributed by atoms with Crippen molar-refractivity contribution >= 4 is 0 Å². The van der Waals surface area contributed by atoms with Crippen molar-refractivity contribution in [2.45, 2.75) is 0 Å². The van der Waals surface area contributed by atoms with Crippen LogP contribution in [0.4, 0.5) is 4.39 Å². The molecule has 3 rings (SSSR count). The summed E-state index contributed by atoms with van der Waals surface area (Å²) in [5.74, 6) is -0.326. The quantitative estimate of drug-likeness (QED) is 0.530. The van der Waals surface area contributed by atoms with E-state index in [1.165, 1.54) is 18.5 Å². The van der Waals surface area contributed by atoms with Gasteiger partial charge in [0.05, 0.1) is 7.05 Å². The maximum Gasteiger partial charge on any atom is 0.247 e. The summed E-state index contributed by atoms with van der Waals surface area (Å²) >= 11 is 0. The van der Waals surface area contributed by atoms with Crippen molar-refractivity contribution in [1.82, 2.24) is 9.55 Å². The lowest BCUT2D eigenvalue weighted by atomic mass is 10.1. The van der Waals surface area contributed by atoms with Crippen molar-refractivity contribution in [1.29, 1.82) is 0 Å². The van der Waals surface area contributed by atoms with E-state index in [1.807, 2.05) is 12.1 Å². The number of hydrogen-bond acceptors (Lipinski definition) is 2. The fourth-order valence-corrected chi connectivity index (χ4v) is 2.27. The van der Waals surface area contributed by atoms with Gasteiger partial charge in [0.15, 0.2) is 11.4 Å². The highest BCUT2D eigenvalue weighted by Gasteiger charge is 2.21. The molecule has 0 unspecified atom stereocenters. The molecule has 0 spiro atoms. The number of nitrogens with zero attached hydrogens (tertiary/aromatic N) is 3. The van der Waals surface area contributed by atoms with Crippen LogP contribution >= 0.6 is 0 Å². The molecule has 2 aromatic heterocycles. The largest absolute Gasteiger partial charge is 0.710 e. The zero-order chi connectivity index (χ0) is 14.1. The van der Waals surface area contributed by atoms with Crippen molar-refractivity contribution < 1.29 is 9.12 Å². The summed E-state index contributed by atoms with van der Waals surface area (Å²) in [6.45, 7) is 0. The number of rotatable bonds is 2. The maximum absolute atomic E-state index is 13.0. The number of halogens is 1. The molecule has 4 nitrogen and oxygen atoms in total. The Kier molecular flexibility index (Phi) is 2.95. The van der Waals surface area contributed by atoms with Gasteiger partial charge >= 0.3 is 0 Å². The molecule has 0 aliphatic carbocycles. The van der Waals surface area contributed by atoms with E-state index in [9.17, 15) is 9.60 Å². The van der Waals surface area contributed by atoms with Gasteiger partial charge in [0, 0.05) is 23.5 Å². The molecule has 0 saturated carbocycles. The first-order chi connectivity index (χ1) is 9.66. The Morgan fingerprint density at radius 2 is 1.70 bits per heavy atom. The van der Waals surface area contributed by atoms with Gasteiger partial charge in [0.25, 0.3) is 0 Å². The van der Waals surface area contributed by atoms with E-state index in [2.05, 4.69) is 4.98 Å². The highest BCUT2D eigenvalue weighted by molar-refractivity contribution is 5.76. The summed E-state index contributed by atoms with van der Waals surface area (Å²) in [5.41, 5.74) is 2.83. The molecule has 0 bridgehead atoms.